The Kier molecular flexibility index (Phi) is 5.04. The fourth-order valence-electron chi connectivity index (χ4n) is 3.42. The number of carbonyl (C=O) groups excluding carboxylic acids is 1. The van der Waals surface area contributed by atoms with Gasteiger partial charge in [0.25, 0.3) is 0 Å². The van der Waals surface area contributed by atoms with E-state index in [4.69, 9.17) is 5.73 Å². The van der Waals surface area contributed by atoms with Gasteiger partial charge >= 0.3 is 0 Å². The number of rotatable bonds is 3. The molecule has 0 aromatic carbocycles. The SMILES string of the molecule is CCC1CCC(NC(=O)C2CCC(N)CC2)CC1. The summed E-state index contributed by atoms with van der Waals surface area (Å²) in [4.78, 5) is 12.2. The van der Waals surface area contributed by atoms with Crippen LogP contribution in [0.25, 0.3) is 0 Å². The lowest BCUT2D eigenvalue weighted by Crippen LogP contribution is -2.42. The molecule has 2 rings (SSSR count). The first kappa shape index (κ1) is 13.9. The van der Waals surface area contributed by atoms with Gasteiger partial charge in [-0.25, -0.2) is 0 Å². The van der Waals surface area contributed by atoms with E-state index >= 15 is 0 Å². The quantitative estimate of drug-likeness (QED) is 0.811. The van der Waals surface area contributed by atoms with E-state index in [1.807, 2.05) is 0 Å². The van der Waals surface area contributed by atoms with E-state index in [0.29, 0.717) is 18.0 Å². The summed E-state index contributed by atoms with van der Waals surface area (Å²) in [7, 11) is 0. The highest BCUT2D eigenvalue weighted by atomic mass is 16.1. The molecule has 0 saturated heterocycles. The molecule has 3 heteroatoms. The molecule has 2 aliphatic carbocycles. The Bertz CT molecular complexity index is 264. The lowest BCUT2D eigenvalue weighted by molar-refractivity contribution is -0.127. The van der Waals surface area contributed by atoms with Gasteiger partial charge in [-0.2, -0.15) is 0 Å². The number of nitrogens with one attached hydrogen (secondary N) is 1. The lowest BCUT2D eigenvalue weighted by Gasteiger charge is -2.31. The van der Waals surface area contributed by atoms with E-state index in [9.17, 15) is 4.79 Å². The third-order valence-electron chi connectivity index (χ3n) is 4.91. The Hall–Kier alpha value is -0.570. The van der Waals surface area contributed by atoms with E-state index in [2.05, 4.69) is 12.2 Å². The van der Waals surface area contributed by atoms with Crippen molar-refractivity contribution in [2.45, 2.75) is 76.8 Å². The van der Waals surface area contributed by atoms with Gasteiger partial charge in [0.15, 0.2) is 0 Å². The minimum Gasteiger partial charge on any atom is -0.353 e. The first-order valence-electron chi connectivity index (χ1n) is 7.75. The molecule has 104 valence electrons. The third kappa shape index (κ3) is 3.71. The summed E-state index contributed by atoms with van der Waals surface area (Å²) in [6.45, 7) is 2.27. The minimum absolute atomic E-state index is 0.230. The van der Waals surface area contributed by atoms with Crippen molar-refractivity contribution < 1.29 is 4.79 Å². The van der Waals surface area contributed by atoms with Crippen LogP contribution < -0.4 is 11.1 Å². The van der Waals surface area contributed by atoms with Crippen molar-refractivity contribution in [3.05, 3.63) is 0 Å². The van der Waals surface area contributed by atoms with Gasteiger partial charge in [0.05, 0.1) is 0 Å². The van der Waals surface area contributed by atoms with Crippen LogP contribution in [-0.4, -0.2) is 18.0 Å². The van der Waals surface area contributed by atoms with Crippen LogP contribution in [-0.2, 0) is 4.79 Å². The van der Waals surface area contributed by atoms with Gasteiger partial charge in [-0.15, -0.1) is 0 Å². The predicted octanol–water partition coefficient (Wildman–Crippen LogP) is 2.59. The molecule has 18 heavy (non-hydrogen) atoms. The van der Waals surface area contributed by atoms with Gasteiger partial charge in [0.1, 0.15) is 0 Å². The topological polar surface area (TPSA) is 55.1 Å². The molecule has 0 spiro atoms. The second-order valence-electron chi connectivity index (χ2n) is 6.25. The van der Waals surface area contributed by atoms with Crippen LogP contribution in [0.2, 0.25) is 0 Å². The molecular formula is C15H28N2O. The summed E-state index contributed by atoms with van der Waals surface area (Å²) in [5.41, 5.74) is 5.88. The Balaban J connectivity index is 1.71. The van der Waals surface area contributed by atoms with Gasteiger partial charge in [-0.3, -0.25) is 4.79 Å². The van der Waals surface area contributed by atoms with Crippen LogP contribution in [0.1, 0.15) is 64.7 Å². The van der Waals surface area contributed by atoms with Gasteiger partial charge in [0, 0.05) is 18.0 Å². The number of nitrogens with two attached hydrogens (primary N) is 1. The zero-order valence-corrected chi connectivity index (χ0v) is 11.7. The largest absolute Gasteiger partial charge is 0.353 e. The Morgan fingerprint density at radius 2 is 1.67 bits per heavy atom. The Morgan fingerprint density at radius 3 is 2.22 bits per heavy atom. The fourth-order valence-corrected chi connectivity index (χ4v) is 3.42. The summed E-state index contributed by atoms with van der Waals surface area (Å²) < 4.78 is 0. The van der Waals surface area contributed by atoms with E-state index in [1.54, 1.807) is 0 Å². The number of carbonyl (C=O) groups is 1. The molecule has 1 amide bonds. The van der Waals surface area contributed by atoms with E-state index in [1.165, 1.54) is 32.1 Å². The van der Waals surface area contributed by atoms with Gasteiger partial charge in [-0.1, -0.05) is 13.3 Å². The molecule has 0 radical (unpaired) electrons. The molecule has 0 atom stereocenters. The maximum Gasteiger partial charge on any atom is 0.223 e. The van der Waals surface area contributed by atoms with E-state index in [-0.39, 0.29) is 5.92 Å². The molecule has 0 aromatic heterocycles. The van der Waals surface area contributed by atoms with Crippen molar-refractivity contribution in [2.24, 2.45) is 17.6 Å². The molecule has 2 aliphatic rings. The Morgan fingerprint density at radius 1 is 1.06 bits per heavy atom. The van der Waals surface area contributed by atoms with Crippen LogP contribution in [0.4, 0.5) is 0 Å². The number of amides is 1. The highest BCUT2D eigenvalue weighted by Crippen LogP contribution is 2.28. The van der Waals surface area contributed by atoms with Crippen LogP contribution in [0.15, 0.2) is 0 Å². The second-order valence-corrected chi connectivity index (χ2v) is 6.25. The lowest BCUT2D eigenvalue weighted by atomic mass is 9.83. The molecule has 3 N–H and O–H groups in total. The maximum atomic E-state index is 12.2. The van der Waals surface area contributed by atoms with Crippen molar-refractivity contribution in [3.63, 3.8) is 0 Å². The smallest absolute Gasteiger partial charge is 0.223 e. The Labute approximate surface area is 111 Å². The van der Waals surface area contributed by atoms with Crippen molar-refractivity contribution in [1.29, 1.82) is 0 Å². The monoisotopic (exact) mass is 252 g/mol. The van der Waals surface area contributed by atoms with Crippen molar-refractivity contribution in [2.75, 3.05) is 0 Å². The van der Waals surface area contributed by atoms with Crippen molar-refractivity contribution in [3.8, 4) is 0 Å². The van der Waals surface area contributed by atoms with Gasteiger partial charge in [-0.05, 0) is 57.3 Å². The first-order valence-corrected chi connectivity index (χ1v) is 7.75. The zero-order chi connectivity index (χ0) is 13.0. The second kappa shape index (κ2) is 6.55. The van der Waals surface area contributed by atoms with Crippen molar-refractivity contribution in [1.82, 2.24) is 5.32 Å². The third-order valence-corrected chi connectivity index (χ3v) is 4.91. The number of hydrogen-bond donors (Lipinski definition) is 2. The number of hydrogen-bond acceptors (Lipinski definition) is 2. The predicted molar refractivity (Wildman–Crippen MR) is 74.1 cm³/mol. The average molecular weight is 252 g/mol. The summed E-state index contributed by atoms with van der Waals surface area (Å²) in [6.07, 6.45) is 10.2. The van der Waals surface area contributed by atoms with Crippen LogP contribution in [0.3, 0.4) is 0 Å². The standard InChI is InChI=1S/C15H28N2O/c1-2-11-3-9-14(10-4-11)17-15(18)12-5-7-13(16)8-6-12/h11-14H,2-10,16H2,1H3,(H,17,18). The molecule has 0 unspecified atom stereocenters. The van der Waals surface area contributed by atoms with Gasteiger partial charge in [0.2, 0.25) is 5.91 Å². The molecule has 0 aromatic rings. The summed E-state index contributed by atoms with van der Waals surface area (Å²) in [5.74, 6) is 1.42. The molecule has 0 heterocycles. The zero-order valence-electron chi connectivity index (χ0n) is 11.7. The van der Waals surface area contributed by atoms with Crippen LogP contribution in [0.5, 0.6) is 0 Å². The maximum absolute atomic E-state index is 12.2. The van der Waals surface area contributed by atoms with E-state index in [0.717, 1.165) is 31.6 Å². The molecule has 3 nitrogen and oxygen atoms in total. The van der Waals surface area contributed by atoms with Crippen LogP contribution >= 0.6 is 0 Å². The molecule has 2 fully saturated rings. The molecule has 2 saturated carbocycles. The van der Waals surface area contributed by atoms with Gasteiger partial charge < -0.3 is 11.1 Å². The summed E-state index contributed by atoms with van der Waals surface area (Å²) >= 11 is 0. The van der Waals surface area contributed by atoms with Crippen LogP contribution in [0, 0.1) is 11.8 Å². The van der Waals surface area contributed by atoms with Crippen molar-refractivity contribution >= 4 is 5.91 Å². The molecule has 0 aliphatic heterocycles. The highest BCUT2D eigenvalue weighted by molar-refractivity contribution is 5.79. The molecule has 0 bridgehead atoms. The van der Waals surface area contributed by atoms with E-state index < -0.39 is 0 Å². The summed E-state index contributed by atoms with van der Waals surface area (Å²) in [6, 6.07) is 0.768. The normalized spacial score (nSPS) is 37.2. The summed E-state index contributed by atoms with van der Waals surface area (Å²) in [5, 5.41) is 3.27. The first-order chi connectivity index (χ1) is 8.69. The minimum atomic E-state index is 0.230. The molecular weight excluding hydrogens is 224 g/mol. The fraction of sp³-hybridized carbons (Fsp3) is 0.933. The average Bonchev–Trinajstić information content (AvgIpc) is 2.40. The highest BCUT2D eigenvalue weighted by Gasteiger charge is 2.27.